The van der Waals surface area contributed by atoms with Crippen LogP contribution in [0.25, 0.3) is 0 Å². The molecule has 0 amide bonds. The Kier molecular flexibility index (Phi) is 3.39. The van der Waals surface area contributed by atoms with Crippen molar-refractivity contribution in [3.63, 3.8) is 0 Å². The number of nitrogens with zero attached hydrogens (tertiary/aromatic N) is 2. The number of phenols is 1. The molecule has 0 spiro atoms. The van der Waals surface area contributed by atoms with Crippen molar-refractivity contribution in [3.8, 4) is 5.75 Å². The summed E-state index contributed by atoms with van der Waals surface area (Å²) < 4.78 is 0. The first-order valence-corrected chi connectivity index (χ1v) is 6.05. The third kappa shape index (κ3) is 3.04. The summed E-state index contributed by atoms with van der Waals surface area (Å²) in [4.78, 5) is 4.24. The maximum atomic E-state index is 9.36. The Labute approximate surface area is 104 Å². The van der Waals surface area contributed by atoms with E-state index in [0.717, 1.165) is 22.1 Å². The lowest BCUT2D eigenvalue weighted by Gasteiger charge is -2.01. The molecule has 2 rings (SSSR count). The predicted molar refractivity (Wildman–Crippen MR) is 70.8 cm³/mol. The van der Waals surface area contributed by atoms with Gasteiger partial charge < -0.3 is 5.11 Å². The number of nitrogens with one attached hydrogen (secondary N) is 1. The van der Waals surface area contributed by atoms with Crippen LogP contribution >= 0.6 is 11.3 Å². The topological polar surface area (TPSA) is 57.5 Å². The van der Waals surface area contributed by atoms with Crippen LogP contribution < -0.4 is 5.43 Å². The van der Waals surface area contributed by atoms with Crippen molar-refractivity contribution >= 4 is 22.2 Å². The van der Waals surface area contributed by atoms with Gasteiger partial charge >= 0.3 is 0 Å². The molecule has 0 unspecified atom stereocenters. The lowest BCUT2D eigenvalue weighted by Crippen LogP contribution is -1.99. The molecule has 1 heterocycles. The molecule has 88 valence electrons. The number of aromatic hydroxyl groups is 1. The first-order valence-electron chi connectivity index (χ1n) is 5.17. The highest BCUT2D eigenvalue weighted by molar-refractivity contribution is 7.13. The third-order valence-electron chi connectivity index (χ3n) is 2.20. The molecule has 0 aliphatic carbocycles. The van der Waals surface area contributed by atoms with Gasteiger partial charge in [-0.15, -0.1) is 11.3 Å². The first-order chi connectivity index (χ1) is 8.15. The summed E-state index contributed by atoms with van der Waals surface area (Å²) >= 11 is 1.51. The second kappa shape index (κ2) is 4.97. The van der Waals surface area contributed by atoms with Crippen LogP contribution in [0.15, 0.2) is 34.7 Å². The van der Waals surface area contributed by atoms with Crippen molar-refractivity contribution in [2.75, 3.05) is 5.43 Å². The zero-order valence-corrected chi connectivity index (χ0v) is 10.5. The number of hydrazone groups is 1. The summed E-state index contributed by atoms with van der Waals surface area (Å²) in [6, 6.07) is 6.99. The Morgan fingerprint density at radius 2 is 2.29 bits per heavy atom. The fraction of sp³-hybridized carbons (Fsp3) is 0.167. The standard InChI is InChI=1S/C12H13N3OS/c1-8-7-17-12(13-8)15-14-9(2)10-4-3-5-11(16)6-10/h3-7,16H,1-2H3,(H,13,15)/b14-9+. The van der Waals surface area contributed by atoms with Gasteiger partial charge in [0.05, 0.1) is 11.4 Å². The molecule has 1 aromatic carbocycles. The van der Waals surface area contributed by atoms with Crippen LogP contribution in [0, 0.1) is 6.92 Å². The monoisotopic (exact) mass is 247 g/mol. The van der Waals surface area contributed by atoms with Crippen LogP contribution in [-0.2, 0) is 0 Å². The molecule has 5 heteroatoms. The molecule has 0 fully saturated rings. The zero-order chi connectivity index (χ0) is 12.3. The van der Waals surface area contributed by atoms with E-state index in [-0.39, 0.29) is 5.75 Å². The van der Waals surface area contributed by atoms with Crippen LogP contribution in [-0.4, -0.2) is 15.8 Å². The quantitative estimate of drug-likeness (QED) is 0.647. The summed E-state index contributed by atoms with van der Waals surface area (Å²) in [5.74, 6) is 0.238. The number of hydrogen-bond acceptors (Lipinski definition) is 5. The van der Waals surface area contributed by atoms with Gasteiger partial charge in [0.2, 0.25) is 5.13 Å². The summed E-state index contributed by atoms with van der Waals surface area (Å²) in [7, 11) is 0. The van der Waals surface area contributed by atoms with E-state index in [0.29, 0.717) is 0 Å². The van der Waals surface area contributed by atoms with Gasteiger partial charge in [0, 0.05) is 10.9 Å². The fourth-order valence-corrected chi connectivity index (χ4v) is 1.96. The van der Waals surface area contributed by atoms with Gasteiger partial charge in [-0.1, -0.05) is 12.1 Å². The predicted octanol–water partition coefficient (Wildman–Crippen LogP) is 2.99. The van der Waals surface area contributed by atoms with Gasteiger partial charge in [-0.3, -0.25) is 5.43 Å². The van der Waals surface area contributed by atoms with E-state index >= 15 is 0 Å². The van der Waals surface area contributed by atoms with E-state index in [2.05, 4.69) is 15.5 Å². The molecular weight excluding hydrogens is 234 g/mol. The number of thiazole rings is 1. The SMILES string of the molecule is C/C(=N\Nc1nc(C)cs1)c1cccc(O)c1. The van der Waals surface area contributed by atoms with Gasteiger partial charge in [-0.25, -0.2) is 4.98 Å². The van der Waals surface area contributed by atoms with Crippen molar-refractivity contribution < 1.29 is 5.11 Å². The van der Waals surface area contributed by atoms with Crippen molar-refractivity contribution in [1.82, 2.24) is 4.98 Å². The minimum atomic E-state index is 0.238. The molecule has 1 aromatic heterocycles. The van der Waals surface area contributed by atoms with Crippen molar-refractivity contribution in [2.24, 2.45) is 5.10 Å². The van der Waals surface area contributed by atoms with E-state index in [4.69, 9.17) is 0 Å². The van der Waals surface area contributed by atoms with Gasteiger partial charge in [-0.05, 0) is 26.0 Å². The lowest BCUT2D eigenvalue weighted by atomic mass is 10.1. The van der Waals surface area contributed by atoms with E-state index in [9.17, 15) is 5.11 Å². The fourth-order valence-electron chi connectivity index (χ4n) is 1.33. The van der Waals surface area contributed by atoms with E-state index in [1.54, 1.807) is 18.2 Å². The van der Waals surface area contributed by atoms with Crippen LogP contribution in [0.4, 0.5) is 5.13 Å². The minimum absolute atomic E-state index is 0.238. The summed E-state index contributed by atoms with van der Waals surface area (Å²) in [5.41, 5.74) is 5.55. The Morgan fingerprint density at radius 1 is 1.47 bits per heavy atom. The van der Waals surface area contributed by atoms with E-state index in [1.807, 2.05) is 25.3 Å². The smallest absolute Gasteiger partial charge is 0.203 e. The molecule has 0 radical (unpaired) electrons. The molecular formula is C12H13N3OS. The van der Waals surface area contributed by atoms with E-state index in [1.165, 1.54) is 11.3 Å². The second-order valence-corrected chi connectivity index (χ2v) is 4.51. The van der Waals surface area contributed by atoms with Crippen LogP contribution in [0.1, 0.15) is 18.2 Å². The number of phenolic OH excluding ortho intramolecular Hbond substituents is 1. The maximum absolute atomic E-state index is 9.36. The first kappa shape index (κ1) is 11.6. The second-order valence-electron chi connectivity index (χ2n) is 3.65. The van der Waals surface area contributed by atoms with Crippen molar-refractivity contribution in [2.45, 2.75) is 13.8 Å². The Hall–Kier alpha value is -1.88. The highest BCUT2D eigenvalue weighted by Crippen LogP contribution is 2.15. The molecule has 0 aliphatic heterocycles. The van der Waals surface area contributed by atoms with Gasteiger partial charge in [0.1, 0.15) is 5.75 Å². The number of hydrogen-bond donors (Lipinski definition) is 2. The number of benzene rings is 1. The Balaban J connectivity index is 2.12. The van der Waals surface area contributed by atoms with Gasteiger partial charge in [0.15, 0.2) is 0 Å². The molecule has 0 aliphatic rings. The molecule has 4 nitrogen and oxygen atoms in total. The molecule has 0 atom stereocenters. The van der Waals surface area contributed by atoms with Crippen LogP contribution in [0.5, 0.6) is 5.75 Å². The normalized spacial score (nSPS) is 11.5. The minimum Gasteiger partial charge on any atom is -0.508 e. The maximum Gasteiger partial charge on any atom is 0.203 e. The molecule has 2 N–H and O–H groups in total. The largest absolute Gasteiger partial charge is 0.508 e. The Morgan fingerprint density at radius 3 is 2.94 bits per heavy atom. The van der Waals surface area contributed by atoms with Gasteiger partial charge in [-0.2, -0.15) is 5.10 Å². The number of anilines is 1. The number of aryl methyl sites for hydroxylation is 1. The van der Waals surface area contributed by atoms with Gasteiger partial charge in [0.25, 0.3) is 0 Å². The molecule has 2 aromatic rings. The summed E-state index contributed by atoms with van der Waals surface area (Å²) in [5, 5.41) is 16.3. The zero-order valence-electron chi connectivity index (χ0n) is 9.64. The summed E-state index contributed by atoms with van der Waals surface area (Å²) in [6.45, 7) is 3.82. The number of aromatic nitrogens is 1. The third-order valence-corrected chi connectivity index (χ3v) is 3.07. The van der Waals surface area contributed by atoms with E-state index < -0.39 is 0 Å². The average molecular weight is 247 g/mol. The van der Waals surface area contributed by atoms with Crippen LogP contribution in [0.2, 0.25) is 0 Å². The average Bonchev–Trinajstić information content (AvgIpc) is 2.72. The Bertz CT molecular complexity index is 548. The lowest BCUT2D eigenvalue weighted by molar-refractivity contribution is 0.475. The van der Waals surface area contributed by atoms with Crippen LogP contribution in [0.3, 0.4) is 0 Å². The molecule has 0 saturated carbocycles. The van der Waals surface area contributed by atoms with Crippen molar-refractivity contribution in [3.05, 3.63) is 40.9 Å². The van der Waals surface area contributed by atoms with Crippen molar-refractivity contribution in [1.29, 1.82) is 0 Å². The molecule has 0 saturated heterocycles. The molecule has 17 heavy (non-hydrogen) atoms. The number of rotatable bonds is 3. The highest BCUT2D eigenvalue weighted by atomic mass is 32.1. The molecule has 0 bridgehead atoms. The summed E-state index contributed by atoms with van der Waals surface area (Å²) in [6.07, 6.45) is 0. The highest BCUT2D eigenvalue weighted by Gasteiger charge is 2.00.